The molecule has 5 heteroatoms. The van der Waals surface area contributed by atoms with Crippen molar-refractivity contribution in [3.63, 3.8) is 0 Å². The van der Waals surface area contributed by atoms with Crippen LogP contribution in [0.15, 0.2) is 53.0 Å². The van der Waals surface area contributed by atoms with E-state index in [2.05, 4.69) is 76.6 Å². The highest BCUT2D eigenvalue weighted by Gasteiger charge is 2.23. The summed E-state index contributed by atoms with van der Waals surface area (Å²) in [5.41, 5.74) is 5.79. The molecule has 2 heterocycles. The zero-order chi connectivity index (χ0) is 16.7. The topological polar surface area (TPSA) is 33.1 Å². The minimum absolute atomic E-state index is 0.962. The smallest absolute Gasteiger partial charge is 0.133 e. The summed E-state index contributed by atoms with van der Waals surface area (Å²) in [7, 11) is 4.11. The molecule has 122 valence electrons. The second-order valence-corrected chi connectivity index (χ2v) is 7.10. The molecule has 1 aromatic heterocycles. The molecule has 0 aliphatic carbocycles. The third kappa shape index (κ3) is 2.59. The van der Waals surface area contributed by atoms with Gasteiger partial charge in [0.15, 0.2) is 0 Å². The number of halogens is 1. The van der Waals surface area contributed by atoms with Gasteiger partial charge in [0.25, 0.3) is 0 Å². The summed E-state index contributed by atoms with van der Waals surface area (Å²) in [5.74, 6) is 1.11. The summed E-state index contributed by atoms with van der Waals surface area (Å²) in [5, 5.41) is 8.39. The Kier molecular flexibility index (Phi) is 3.81. The monoisotopic (exact) mass is 382 g/mol. The minimum Gasteiger partial charge on any atom is -0.378 e. The second-order valence-electron chi connectivity index (χ2n) is 6.19. The molecule has 0 saturated heterocycles. The largest absolute Gasteiger partial charge is 0.378 e. The molecule has 0 fully saturated rings. The summed E-state index contributed by atoms with van der Waals surface area (Å²) in [6.07, 6.45) is 1.01. The van der Waals surface area contributed by atoms with Crippen molar-refractivity contribution in [2.45, 2.75) is 6.42 Å². The van der Waals surface area contributed by atoms with Gasteiger partial charge in [-0.3, -0.25) is 0 Å². The molecule has 0 bridgehead atoms. The van der Waals surface area contributed by atoms with Crippen LogP contribution in [0.4, 0.5) is 11.5 Å². The Balaban J connectivity index is 1.81. The lowest BCUT2D eigenvalue weighted by molar-refractivity contribution is 0.882. The van der Waals surface area contributed by atoms with Crippen molar-refractivity contribution in [1.82, 2.24) is 9.78 Å². The molecule has 3 aromatic rings. The maximum absolute atomic E-state index is 4.91. The molecule has 0 amide bonds. The lowest BCUT2D eigenvalue weighted by Crippen LogP contribution is -2.08. The Hall–Kier alpha value is -2.27. The third-order valence-corrected chi connectivity index (χ3v) is 4.85. The number of fused-ring (bicyclic) bond motifs is 1. The quantitative estimate of drug-likeness (QED) is 0.731. The summed E-state index contributed by atoms with van der Waals surface area (Å²) >= 11 is 3.55. The van der Waals surface area contributed by atoms with E-state index in [4.69, 9.17) is 5.10 Å². The van der Waals surface area contributed by atoms with Gasteiger partial charge in [0.1, 0.15) is 5.82 Å². The van der Waals surface area contributed by atoms with Crippen molar-refractivity contribution in [1.29, 1.82) is 0 Å². The number of benzene rings is 2. The van der Waals surface area contributed by atoms with E-state index in [-0.39, 0.29) is 0 Å². The van der Waals surface area contributed by atoms with Crippen molar-refractivity contribution >= 4 is 27.4 Å². The van der Waals surface area contributed by atoms with Gasteiger partial charge < -0.3 is 10.2 Å². The van der Waals surface area contributed by atoms with Gasteiger partial charge in [0.05, 0.1) is 11.4 Å². The van der Waals surface area contributed by atoms with Crippen LogP contribution in [0.2, 0.25) is 0 Å². The van der Waals surface area contributed by atoms with Crippen molar-refractivity contribution in [3.8, 4) is 16.9 Å². The van der Waals surface area contributed by atoms with Gasteiger partial charge >= 0.3 is 0 Å². The first-order valence-corrected chi connectivity index (χ1v) is 8.82. The van der Waals surface area contributed by atoms with Gasteiger partial charge in [0, 0.05) is 41.9 Å². The predicted octanol–water partition coefficient (Wildman–Crippen LogP) is 4.34. The van der Waals surface area contributed by atoms with Crippen molar-refractivity contribution in [2.75, 3.05) is 30.9 Å². The summed E-state index contributed by atoms with van der Waals surface area (Å²) in [6, 6.07) is 16.8. The van der Waals surface area contributed by atoms with Gasteiger partial charge in [-0.25, -0.2) is 4.68 Å². The SMILES string of the molecule is CN(C)c1ccc(-c2nn(-c3cccc(Br)c3)c3c2CCN3)cc1. The van der Waals surface area contributed by atoms with Crippen LogP contribution in [0.1, 0.15) is 5.56 Å². The highest BCUT2D eigenvalue weighted by molar-refractivity contribution is 9.10. The fourth-order valence-electron chi connectivity index (χ4n) is 3.12. The molecule has 0 unspecified atom stereocenters. The molecule has 2 aromatic carbocycles. The maximum atomic E-state index is 4.91. The Morgan fingerprint density at radius 2 is 1.92 bits per heavy atom. The zero-order valence-corrected chi connectivity index (χ0v) is 15.3. The van der Waals surface area contributed by atoms with E-state index in [9.17, 15) is 0 Å². The van der Waals surface area contributed by atoms with E-state index in [1.54, 1.807) is 0 Å². The van der Waals surface area contributed by atoms with Crippen molar-refractivity contribution in [3.05, 3.63) is 58.6 Å². The molecule has 4 rings (SSSR count). The van der Waals surface area contributed by atoms with Crippen LogP contribution in [-0.4, -0.2) is 30.4 Å². The zero-order valence-electron chi connectivity index (χ0n) is 13.8. The van der Waals surface area contributed by atoms with Crippen LogP contribution in [0.3, 0.4) is 0 Å². The molecule has 0 saturated carbocycles. The fraction of sp³-hybridized carbons (Fsp3) is 0.211. The van der Waals surface area contributed by atoms with Gasteiger partial charge in [-0.15, -0.1) is 0 Å². The molecule has 24 heavy (non-hydrogen) atoms. The highest BCUT2D eigenvalue weighted by atomic mass is 79.9. The van der Waals surface area contributed by atoms with Gasteiger partial charge in [-0.05, 0) is 36.8 Å². The second kappa shape index (κ2) is 5.98. The fourth-order valence-corrected chi connectivity index (χ4v) is 3.51. The highest BCUT2D eigenvalue weighted by Crippen LogP contribution is 2.35. The molecule has 0 radical (unpaired) electrons. The van der Waals surface area contributed by atoms with Crippen LogP contribution < -0.4 is 10.2 Å². The van der Waals surface area contributed by atoms with Gasteiger partial charge in [0.2, 0.25) is 0 Å². The van der Waals surface area contributed by atoms with Crippen LogP contribution in [-0.2, 0) is 6.42 Å². The summed E-state index contributed by atoms with van der Waals surface area (Å²) < 4.78 is 3.07. The van der Waals surface area contributed by atoms with E-state index in [0.29, 0.717) is 0 Å². The molecular weight excluding hydrogens is 364 g/mol. The van der Waals surface area contributed by atoms with Crippen molar-refractivity contribution < 1.29 is 0 Å². The van der Waals surface area contributed by atoms with Gasteiger partial charge in [-0.1, -0.05) is 34.1 Å². The first kappa shape index (κ1) is 15.3. The van der Waals surface area contributed by atoms with E-state index in [0.717, 1.165) is 40.2 Å². The Morgan fingerprint density at radius 3 is 2.62 bits per heavy atom. The summed E-state index contributed by atoms with van der Waals surface area (Å²) in [6.45, 7) is 0.962. The molecule has 1 aliphatic heterocycles. The average Bonchev–Trinajstić information content (AvgIpc) is 3.17. The van der Waals surface area contributed by atoms with Crippen LogP contribution in [0.25, 0.3) is 16.9 Å². The first-order valence-electron chi connectivity index (χ1n) is 8.03. The number of nitrogens with one attached hydrogen (secondary N) is 1. The number of rotatable bonds is 3. The first-order chi connectivity index (χ1) is 11.6. The molecular formula is C19H19BrN4. The van der Waals surface area contributed by atoms with E-state index in [1.807, 2.05) is 16.8 Å². The molecule has 1 aliphatic rings. The van der Waals surface area contributed by atoms with Crippen LogP contribution >= 0.6 is 15.9 Å². The molecule has 0 atom stereocenters. The van der Waals surface area contributed by atoms with Crippen LogP contribution in [0.5, 0.6) is 0 Å². The van der Waals surface area contributed by atoms with E-state index < -0.39 is 0 Å². The van der Waals surface area contributed by atoms with E-state index >= 15 is 0 Å². The molecule has 1 N–H and O–H groups in total. The Morgan fingerprint density at radius 1 is 1.12 bits per heavy atom. The van der Waals surface area contributed by atoms with Crippen molar-refractivity contribution in [2.24, 2.45) is 0 Å². The van der Waals surface area contributed by atoms with E-state index in [1.165, 1.54) is 11.3 Å². The third-order valence-electron chi connectivity index (χ3n) is 4.36. The number of hydrogen-bond acceptors (Lipinski definition) is 3. The Bertz CT molecular complexity index is 881. The minimum atomic E-state index is 0.962. The standard InChI is InChI=1S/C19H19BrN4/c1-23(2)15-8-6-13(7-9-15)18-17-10-11-21-19(17)24(22-18)16-5-3-4-14(20)12-16/h3-9,12,21H,10-11H2,1-2H3. The van der Waals surface area contributed by atoms with Crippen LogP contribution in [0, 0.1) is 0 Å². The maximum Gasteiger partial charge on any atom is 0.133 e. The molecule has 0 spiro atoms. The Labute approximate surface area is 150 Å². The number of anilines is 2. The summed E-state index contributed by atoms with van der Waals surface area (Å²) in [4.78, 5) is 2.11. The normalized spacial score (nSPS) is 12.8. The molecule has 4 nitrogen and oxygen atoms in total. The van der Waals surface area contributed by atoms with Gasteiger partial charge in [-0.2, -0.15) is 5.10 Å². The average molecular weight is 383 g/mol. The number of aromatic nitrogens is 2. The lowest BCUT2D eigenvalue weighted by Gasteiger charge is -2.12. The number of nitrogens with zero attached hydrogens (tertiary/aromatic N) is 3. The predicted molar refractivity (Wildman–Crippen MR) is 103 cm³/mol. The number of hydrogen-bond donors (Lipinski definition) is 1. The lowest BCUT2D eigenvalue weighted by atomic mass is 10.1.